The number of carbonyl (C=O) groups excluding carboxylic acids is 4. The number of hydrogen-bond donors (Lipinski definition) is 1. The molecule has 5 spiro atoms. The van der Waals surface area contributed by atoms with Crippen molar-refractivity contribution in [2.24, 2.45) is 0 Å². The van der Waals surface area contributed by atoms with Crippen LogP contribution in [0.1, 0.15) is 168 Å². The average Bonchev–Trinajstić information content (AvgIpc) is 1.68. The zero-order chi connectivity index (χ0) is 93.8. The number of methoxy groups -OCH3 is 1. The molecule has 10 aliphatic heterocycles. The number of carboxylic acids is 1. The molecule has 10 fully saturated rings. The van der Waals surface area contributed by atoms with Gasteiger partial charge in [-0.05, 0) is 140 Å². The second-order valence-corrected chi connectivity index (χ2v) is 43.0. The minimum absolute atomic E-state index is 0.0602. The van der Waals surface area contributed by atoms with E-state index in [4.69, 9.17) is 46.7 Å². The number of piperidine rings is 5. The van der Waals surface area contributed by atoms with Gasteiger partial charge < -0.3 is 53.0 Å². The molecule has 0 saturated carbocycles. The van der Waals surface area contributed by atoms with E-state index in [0.717, 1.165) is 90.0 Å². The van der Waals surface area contributed by atoms with E-state index < -0.39 is 96.3 Å². The Labute approximate surface area is 763 Å². The summed E-state index contributed by atoms with van der Waals surface area (Å²) in [5.74, 6) is -0.839. The number of ketones is 3. The minimum Gasteiger partial charge on any atom is -0.497 e. The molecular weight excluding hydrogens is 1790 g/mol. The van der Waals surface area contributed by atoms with Crippen molar-refractivity contribution in [3.63, 3.8) is 0 Å². The summed E-state index contributed by atoms with van der Waals surface area (Å²) in [6.07, 6.45) is 10.8. The van der Waals surface area contributed by atoms with E-state index in [1.807, 2.05) is 24.0 Å². The van der Waals surface area contributed by atoms with Crippen molar-refractivity contribution < 1.29 is 113 Å². The van der Waals surface area contributed by atoms with Gasteiger partial charge in [0, 0.05) is 179 Å². The summed E-state index contributed by atoms with van der Waals surface area (Å²) in [5.41, 5.74) is -1.35. The maximum atomic E-state index is 13.2. The molecule has 10 aliphatic rings. The van der Waals surface area contributed by atoms with E-state index in [1.54, 1.807) is 80.4 Å². The van der Waals surface area contributed by atoms with Gasteiger partial charge in [-0.2, -0.15) is 29.9 Å². The van der Waals surface area contributed by atoms with Crippen LogP contribution >= 0.6 is 0 Å². The lowest BCUT2D eigenvalue weighted by Crippen LogP contribution is -2.55. The summed E-state index contributed by atoms with van der Waals surface area (Å²) >= 11 is -0.750. The van der Waals surface area contributed by atoms with Gasteiger partial charge in [0.25, 0.3) is 0 Å². The molecule has 10 heterocycles. The van der Waals surface area contributed by atoms with Crippen molar-refractivity contribution in [2.45, 2.75) is 191 Å². The number of nitrogens with zero attached hydrogens (tertiary/aromatic N) is 10. The third kappa shape index (κ3) is 25.1. The van der Waals surface area contributed by atoms with Gasteiger partial charge in [-0.15, -0.1) is 0 Å². The maximum Gasteiger partial charge on any atom is 0.335 e. The first-order valence-electron chi connectivity index (χ1n) is 44.0. The zero-order valence-corrected chi connectivity index (χ0v) is 80.2. The fourth-order valence-electron chi connectivity index (χ4n) is 18.0. The van der Waals surface area contributed by atoms with Gasteiger partial charge in [0.2, 0.25) is 50.1 Å². The topological polar surface area (TPSA) is 407 Å². The highest BCUT2D eigenvalue weighted by atomic mass is 32.2. The summed E-state index contributed by atoms with van der Waals surface area (Å²) in [4.78, 5) is 68.7. The third-order valence-electron chi connectivity index (χ3n) is 25.4. The molecule has 15 rings (SSSR count). The van der Waals surface area contributed by atoms with Crippen LogP contribution in [0.15, 0.2) is 146 Å². The van der Waals surface area contributed by atoms with Crippen molar-refractivity contribution in [1.82, 2.24) is 46.0 Å². The lowest BCUT2D eigenvalue weighted by Gasteiger charge is -2.42. The summed E-state index contributed by atoms with van der Waals surface area (Å²) in [7, 11) is -14.6. The molecule has 0 aromatic heterocycles. The number of hydrogen-bond acceptors (Lipinski definition) is 29. The van der Waals surface area contributed by atoms with Gasteiger partial charge >= 0.3 is 23.5 Å². The highest BCUT2D eigenvalue weighted by Crippen LogP contribution is 2.44. The number of carboxylic acid groups (broad SMARTS) is 1. The SMILES string of the molecule is CC(=O)c1ccc(S(=O)(=O)N2CCOC23CCN(CC(=O)O)CC3)cc1.CCCCN1CCC2(CC1)OCCN2S(=O)(=O)c1ccc(C(C)=O)cc1.CCCCN1CCC2(CC1)OCCN2S(=O)(=O)c1ccc(OC)cc1.CCOC(=O)CN1CCC2(CC1)OCCN2S(=O)(=O)c1ccc(C(C)=O)cc1.Cc1ccc(S(=O)(=O)N2CCOC23CCN(C)CC3)cc1.O=S=O. The van der Waals surface area contributed by atoms with Gasteiger partial charge in [-0.1, -0.05) is 80.8 Å². The number of sulfonamides is 5. The molecule has 35 nitrogen and oxygen atoms in total. The molecule has 714 valence electrons. The van der Waals surface area contributed by atoms with Gasteiger partial charge in [-0.25, -0.2) is 42.1 Å². The standard InChI is InChI=1S/C19H26N2O6S.C19H28N2O4S.C18H28N2O4S.C17H22N2O6S.C15H22N2O3S.O2S/c1-3-26-18(23)14-20-10-8-19(9-11-20)21(12-13-27-19)28(24,25)17-6-4-16(5-7-17)15(2)22;1-3-4-11-20-12-9-19(10-13-20)21(14-15-25-19)26(23,24)18-7-5-17(6-8-18)16(2)22;1-3-4-11-19-12-9-18(10-13-19)20(14-15-24-18)25(21,22)17-7-5-16(23-2)6-8-17;1-13(20)14-2-4-15(5-3-14)26(23,24)19-10-11-25-17(19)6-8-18(9-7-17)12-16(21)22;1-13-3-5-14(6-4-13)21(18,19)17-11-12-20-15(17)7-9-16(2)10-8-15;1-3-2/h4-7H,3,8-14H2,1-2H3;5-8H,3-4,9-15H2,1-2H3;5-8H,3-4,9-15H2,1-2H3;2-5H,6-12H2,1H3,(H,21,22);3-6H,7-12H2,1-2H3;. The molecular formula is C88H126N10O25S6. The summed E-state index contributed by atoms with van der Waals surface area (Å²) in [6, 6.07) is 31.7. The Bertz CT molecular complexity index is 5230. The first kappa shape index (κ1) is 104. The summed E-state index contributed by atoms with van der Waals surface area (Å²) < 4.78 is 195. The van der Waals surface area contributed by atoms with Crippen LogP contribution in [0.4, 0.5) is 0 Å². The highest BCUT2D eigenvalue weighted by Gasteiger charge is 2.56. The first-order chi connectivity index (χ1) is 61.3. The number of carbonyl (C=O) groups is 5. The molecule has 0 unspecified atom stereocenters. The van der Waals surface area contributed by atoms with Gasteiger partial charge in [0.05, 0.1) is 84.3 Å². The number of rotatable bonds is 25. The molecule has 10 saturated heterocycles. The summed E-state index contributed by atoms with van der Waals surface area (Å²) in [6.45, 7) is 26.1. The normalized spacial score (nSPS) is 21.1. The number of likely N-dealkylation sites (tertiary alicyclic amines) is 5. The van der Waals surface area contributed by atoms with Crippen LogP contribution in [0, 0.1) is 6.92 Å². The Morgan fingerprint density at radius 1 is 0.372 bits per heavy atom. The largest absolute Gasteiger partial charge is 0.497 e. The number of unbranched alkanes of at least 4 members (excludes halogenated alkanes) is 2. The van der Waals surface area contributed by atoms with Crippen molar-refractivity contribution in [3.8, 4) is 5.75 Å². The van der Waals surface area contributed by atoms with Gasteiger partial charge in [-0.3, -0.25) is 33.8 Å². The Balaban J connectivity index is 0.000000167. The summed E-state index contributed by atoms with van der Waals surface area (Å²) in [5, 5.41) is 8.91. The smallest absolute Gasteiger partial charge is 0.335 e. The lowest BCUT2D eigenvalue weighted by molar-refractivity contribution is -0.147. The van der Waals surface area contributed by atoms with Crippen LogP contribution < -0.4 is 4.74 Å². The number of aliphatic carboxylic acids is 1. The van der Waals surface area contributed by atoms with Crippen molar-refractivity contribution in [3.05, 3.63) is 144 Å². The van der Waals surface area contributed by atoms with Crippen LogP contribution in [0.2, 0.25) is 0 Å². The Morgan fingerprint density at radius 2 is 0.612 bits per heavy atom. The van der Waals surface area contributed by atoms with E-state index in [-0.39, 0.29) is 64.2 Å². The van der Waals surface area contributed by atoms with Crippen molar-refractivity contribution in [2.75, 3.05) is 178 Å². The molecule has 5 aromatic rings. The van der Waals surface area contributed by atoms with Crippen molar-refractivity contribution in [1.29, 1.82) is 0 Å². The quantitative estimate of drug-likeness (QED) is 0.0433. The predicted octanol–water partition coefficient (Wildman–Crippen LogP) is 7.63. The molecule has 0 bridgehead atoms. The molecule has 1 N–H and O–H groups in total. The highest BCUT2D eigenvalue weighted by molar-refractivity contribution is 7.90. The Morgan fingerprint density at radius 3 is 0.853 bits per heavy atom. The van der Waals surface area contributed by atoms with Gasteiger partial charge in [0.15, 0.2) is 17.3 Å². The molecule has 0 amide bonds. The van der Waals surface area contributed by atoms with Crippen LogP contribution in [0.5, 0.6) is 5.75 Å². The molecule has 0 aliphatic carbocycles. The monoisotopic (exact) mass is 1910 g/mol. The van der Waals surface area contributed by atoms with Crippen LogP contribution in [0.25, 0.3) is 0 Å². The molecule has 129 heavy (non-hydrogen) atoms. The zero-order valence-electron chi connectivity index (χ0n) is 75.3. The number of esters is 1. The number of Topliss-reactive ketones (excluding diaryl/α,β-unsaturated/α-hetero) is 3. The van der Waals surface area contributed by atoms with Crippen LogP contribution in [-0.2, 0) is 99.7 Å². The van der Waals surface area contributed by atoms with E-state index in [1.165, 1.54) is 109 Å². The molecule has 0 atom stereocenters. The van der Waals surface area contributed by atoms with Crippen LogP contribution in [0.3, 0.4) is 0 Å². The second kappa shape index (κ2) is 45.7. The predicted molar refractivity (Wildman–Crippen MR) is 479 cm³/mol. The average molecular weight is 1920 g/mol. The molecule has 5 aromatic carbocycles. The Hall–Kier alpha value is -7.18. The second-order valence-electron chi connectivity index (χ2n) is 33.6. The number of benzene rings is 5. The first-order valence-corrected chi connectivity index (χ1v) is 51.9. The Kier molecular flexibility index (Phi) is 36.8. The van der Waals surface area contributed by atoms with E-state index in [9.17, 15) is 66.1 Å². The lowest BCUT2D eigenvalue weighted by atomic mass is 10.0. The number of aryl methyl sites for hydroxylation is 1. The van der Waals surface area contributed by atoms with Gasteiger partial charge in [0.1, 0.15) is 34.4 Å². The third-order valence-corrected chi connectivity index (χ3v) is 35.2. The van der Waals surface area contributed by atoms with E-state index >= 15 is 0 Å². The minimum atomic E-state index is -3.77. The number of ether oxygens (including phenoxy) is 7. The van der Waals surface area contributed by atoms with E-state index in [2.05, 4.69) is 35.6 Å². The molecule has 0 radical (unpaired) electrons. The fraction of sp³-hybridized carbons (Fsp3) is 0.602. The fourth-order valence-corrected chi connectivity index (χ4v) is 26.6. The van der Waals surface area contributed by atoms with Crippen LogP contribution in [-0.4, -0.2) is 338 Å². The van der Waals surface area contributed by atoms with Crippen molar-refractivity contribution >= 4 is 91.0 Å². The van der Waals surface area contributed by atoms with E-state index in [0.29, 0.717) is 156 Å². The molecule has 41 heteroatoms. The maximum absolute atomic E-state index is 13.2.